The van der Waals surface area contributed by atoms with Crippen LogP contribution in [0.3, 0.4) is 0 Å². The first kappa shape index (κ1) is 14.3. The molecule has 5 N–H and O–H groups in total. The molecule has 0 spiro atoms. The van der Waals surface area contributed by atoms with Crippen molar-refractivity contribution < 1.29 is 17.9 Å². The lowest BCUT2D eigenvalue weighted by Gasteiger charge is -2.11. The van der Waals surface area contributed by atoms with E-state index in [1.165, 1.54) is 12.1 Å². The molecule has 1 rings (SSSR count). The molecule has 0 bridgehead atoms. The van der Waals surface area contributed by atoms with Crippen LogP contribution in [0.5, 0.6) is 0 Å². The molecule has 0 radical (unpaired) electrons. The molecule has 7 nitrogen and oxygen atoms in total. The average molecular weight is 273 g/mol. The zero-order chi connectivity index (χ0) is 13.8. The summed E-state index contributed by atoms with van der Waals surface area (Å²) in [5.41, 5.74) is 5.95. The lowest BCUT2D eigenvalue weighted by Crippen LogP contribution is -2.19. The van der Waals surface area contributed by atoms with Crippen LogP contribution in [0.25, 0.3) is 0 Å². The van der Waals surface area contributed by atoms with E-state index in [1.54, 1.807) is 13.0 Å². The minimum absolute atomic E-state index is 0.0238. The van der Waals surface area contributed by atoms with Gasteiger partial charge in [0.2, 0.25) is 10.0 Å². The summed E-state index contributed by atoms with van der Waals surface area (Å²) in [5.74, 6) is -0.460. The number of nitrogens with two attached hydrogens (primary N) is 2. The van der Waals surface area contributed by atoms with E-state index in [4.69, 9.17) is 15.6 Å². The number of benzene rings is 1. The molecule has 0 unspecified atom stereocenters. The third-order valence-corrected chi connectivity index (χ3v) is 3.07. The van der Waals surface area contributed by atoms with Gasteiger partial charge in [0.25, 0.3) is 0 Å². The van der Waals surface area contributed by atoms with Crippen molar-refractivity contribution in [3.63, 3.8) is 0 Å². The summed E-state index contributed by atoms with van der Waals surface area (Å²) in [6.07, 6.45) is 0. The fourth-order valence-corrected chi connectivity index (χ4v) is 2.01. The largest absolute Gasteiger partial charge is 0.465 e. The Morgan fingerprint density at radius 3 is 2.67 bits per heavy atom. The topological polar surface area (TPSA) is 125 Å². The first-order valence-corrected chi connectivity index (χ1v) is 6.71. The number of hydrogen-bond acceptors (Lipinski definition) is 6. The summed E-state index contributed by atoms with van der Waals surface area (Å²) in [6.45, 7) is 1.85. The molecule has 18 heavy (non-hydrogen) atoms. The van der Waals surface area contributed by atoms with Gasteiger partial charge in [0.15, 0.2) is 0 Å². The molecule has 0 aromatic heterocycles. The highest BCUT2D eigenvalue weighted by Gasteiger charge is 2.15. The number of rotatable bonds is 5. The summed E-state index contributed by atoms with van der Waals surface area (Å²) < 4.78 is 27.2. The Kier molecular flexibility index (Phi) is 4.51. The summed E-state index contributed by atoms with van der Waals surface area (Å²) in [6, 6.07) is 4.31. The van der Waals surface area contributed by atoms with Gasteiger partial charge in [-0.3, -0.25) is 4.79 Å². The SMILES string of the molecule is CCOC(=O)CNc1cccc(S(N)(=O)=O)c1N. The van der Waals surface area contributed by atoms with Gasteiger partial charge >= 0.3 is 5.97 Å². The molecule has 0 aliphatic heterocycles. The molecule has 0 amide bonds. The van der Waals surface area contributed by atoms with Gasteiger partial charge in [-0.2, -0.15) is 0 Å². The third-order valence-electron chi connectivity index (χ3n) is 2.10. The van der Waals surface area contributed by atoms with Crippen molar-refractivity contribution in [2.45, 2.75) is 11.8 Å². The van der Waals surface area contributed by atoms with E-state index < -0.39 is 16.0 Å². The number of sulfonamides is 1. The fraction of sp³-hybridized carbons (Fsp3) is 0.300. The van der Waals surface area contributed by atoms with Gasteiger partial charge in [-0.25, -0.2) is 13.6 Å². The Hall–Kier alpha value is -1.80. The zero-order valence-corrected chi connectivity index (χ0v) is 10.7. The first-order valence-electron chi connectivity index (χ1n) is 5.17. The van der Waals surface area contributed by atoms with E-state index in [0.717, 1.165) is 0 Å². The molecule has 0 aliphatic carbocycles. The van der Waals surface area contributed by atoms with E-state index >= 15 is 0 Å². The maximum atomic E-state index is 11.2. The molecule has 0 aliphatic rings. The van der Waals surface area contributed by atoms with Crippen LogP contribution in [-0.2, 0) is 19.6 Å². The minimum Gasteiger partial charge on any atom is -0.465 e. The minimum atomic E-state index is -3.89. The Bertz CT molecular complexity index is 542. The summed E-state index contributed by atoms with van der Waals surface area (Å²) in [7, 11) is -3.89. The van der Waals surface area contributed by atoms with Crippen molar-refractivity contribution in [1.82, 2.24) is 0 Å². The highest BCUT2D eigenvalue weighted by atomic mass is 32.2. The van der Waals surface area contributed by atoms with Gasteiger partial charge in [0, 0.05) is 0 Å². The molecule has 0 saturated heterocycles. The van der Waals surface area contributed by atoms with Gasteiger partial charge in [-0.05, 0) is 19.1 Å². The predicted molar refractivity (Wildman–Crippen MR) is 67.4 cm³/mol. The van der Waals surface area contributed by atoms with Gasteiger partial charge in [-0.15, -0.1) is 0 Å². The second kappa shape index (κ2) is 5.69. The summed E-state index contributed by atoms with van der Waals surface area (Å²) in [5, 5.41) is 7.69. The van der Waals surface area contributed by atoms with Crippen molar-refractivity contribution in [3.05, 3.63) is 18.2 Å². The Labute approximate surface area is 105 Å². The maximum Gasteiger partial charge on any atom is 0.325 e. The molecule has 0 heterocycles. The number of nitrogen functional groups attached to an aromatic ring is 1. The predicted octanol–water partition coefficient (Wildman–Crippen LogP) is -0.109. The van der Waals surface area contributed by atoms with Crippen LogP contribution < -0.4 is 16.2 Å². The van der Waals surface area contributed by atoms with E-state index in [0.29, 0.717) is 5.69 Å². The molecule has 1 aromatic carbocycles. The first-order chi connectivity index (χ1) is 8.36. The van der Waals surface area contributed by atoms with Crippen LogP contribution in [0.2, 0.25) is 0 Å². The molecule has 0 saturated carbocycles. The number of anilines is 2. The van der Waals surface area contributed by atoms with Crippen LogP contribution in [-0.4, -0.2) is 27.5 Å². The second-order valence-corrected chi connectivity index (χ2v) is 4.95. The zero-order valence-electron chi connectivity index (χ0n) is 9.84. The standard InChI is InChI=1S/C10H15N3O4S/c1-2-17-9(14)6-13-7-4-3-5-8(10(7)11)18(12,15)16/h3-5,13H,2,6,11H2,1H3,(H2,12,15,16). The second-order valence-electron chi connectivity index (χ2n) is 3.42. The quantitative estimate of drug-likeness (QED) is 0.508. The number of nitrogens with one attached hydrogen (secondary N) is 1. The molecule has 0 atom stereocenters. The van der Waals surface area contributed by atoms with Crippen LogP contribution in [0.15, 0.2) is 23.1 Å². The van der Waals surface area contributed by atoms with Gasteiger partial charge in [0.05, 0.1) is 18.0 Å². The molecular formula is C10H15N3O4S. The lowest BCUT2D eigenvalue weighted by atomic mass is 10.2. The number of ether oxygens (including phenoxy) is 1. The van der Waals surface area contributed by atoms with Gasteiger partial charge in [-0.1, -0.05) is 6.07 Å². The fourth-order valence-electron chi connectivity index (χ4n) is 1.33. The number of para-hydroxylation sites is 1. The average Bonchev–Trinajstić information content (AvgIpc) is 2.26. The number of primary sulfonamides is 1. The smallest absolute Gasteiger partial charge is 0.325 e. The Balaban J connectivity index is 2.89. The maximum absolute atomic E-state index is 11.2. The van der Waals surface area contributed by atoms with E-state index in [2.05, 4.69) is 5.32 Å². The normalized spacial score (nSPS) is 11.0. The summed E-state index contributed by atoms with van der Waals surface area (Å²) in [4.78, 5) is 11.0. The molecule has 0 fully saturated rings. The molecular weight excluding hydrogens is 258 g/mol. The number of carbonyl (C=O) groups excluding carboxylic acids is 1. The lowest BCUT2D eigenvalue weighted by molar-refractivity contribution is -0.140. The van der Waals surface area contributed by atoms with Crippen molar-refractivity contribution in [2.75, 3.05) is 24.2 Å². The molecule has 100 valence electrons. The number of hydrogen-bond donors (Lipinski definition) is 3. The van der Waals surface area contributed by atoms with Gasteiger partial charge < -0.3 is 15.8 Å². The Morgan fingerprint density at radius 2 is 2.11 bits per heavy atom. The molecule has 1 aromatic rings. The van der Waals surface area contributed by atoms with E-state index in [1.807, 2.05) is 0 Å². The summed E-state index contributed by atoms with van der Waals surface area (Å²) >= 11 is 0. The Morgan fingerprint density at radius 1 is 1.44 bits per heavy atom. The van der Waals surface area contributed by atoms with Crippen LogP contribution in [0, 0.1) is 0 Å². The van der Waals surface area contributed by atoms with Crippen molar-refractivity contribution in [3.8, 4) is 0 Å². The van der Waals surface area contributed by atoms with Crippen molar-refractivity contribution in [1.29, 1.82) is 0 Å². The highest BCUT2D eigenvalue weighted by Crippen LogP contribution is 2.25. The van der Waals surface area contributed by atoms with Crippen molar-refractivity contribution >= 4 is 27.4 Å². The molecule has 8 heteroatoms. The van der Waals surface area contributed by atoms with Crippen LogP contribution >= 0.6 is 0 Å². The third kappa shape index (κ3) is 3.60. The number of esters is 1. The van der Waals surface area contributed by atoms with E-state index in [-0.39, 0.29) is 23.7 Å². The van der Waals surface area contributed by atoms with Crippen molar-refractivity contribution in [2.24, 2.45) is 5.14 Å². The van der Waals surface area contributed by atoms with Crippen LogP contribution in [0.4, 0.5) is 11.4 Å². The monoisotopic (exact) mass is 273 g/mol. The highest BCUT2D eigenvalue weighted by molar-refractivity contribution is 7.89. The van der Waals surface area contributed by atoms with Gasteiger partial charge in [0.1, 0.15) is 11.4 Å². The van der Waals surface area contributed by atoms with E-state index in [9.17, 15) is 13.2 Å². The van der Waals surface area contributed by atoms with Crippen LogP contribution in [0.1, 0.15) is 6.92 Å². The number of carbonyl (C=O) groups is 1.